The van der Waals surface area contributed by atoms with Crippen LogP contribution in [0, 0.1) is 11.3 Å². The maximum Gasteiger partial charge on any atom is 0.340 e. The van der Waals surface area contributed by atoms with Gasteiger partial charge in [-0.2, -0.15) is 5.26 Å². The van der Waals surface area contributed by atoms with Crippen molar-refractivity contribution in [3.63, 3.8) is 0 Å². The summed E-state index contributed by atoms with van der Waals surface area (Å²) in [5, 5.41) is 8.93. The molecule has 0 bridgehead atoms. The quantitative estimate of drug-likeness (QED) is 0.792. The number of esters is 1. The Morgan fingerprint density at radius 2 is 2.00 bits per heavy atom. The number of ether oxygens (including phenoxy) is 1. The van der Waals surface area contributed by atoms with Crippen LogP contribution in [0.2, 0.25) is 5.02 Å². The number of rotatable bonds is 4. The molecule has 2 rings (SSSR count). The normalized spacial score (nSPS) is 10.8. The average molecular weight is 350 g/mol. The van der Waals surface area contributed by atoms with Crippen LogP contribution < -0.4 is 0 Å². The molecule has 2 aromatic rings. The molecule has 0 atom stereocenters. The zero-order valence-electron chi connectivity index (χ0n) is 12.1. The number of halogens is 1. The molecule has 0 N–H and O–H groups in total. The maximum absolute atomic E-state index is 12.1. The van der Waals surface area contributed by atoms with Crippen molar-refractivity contribution >= 4 is 27.4 Å². The minimum atomic E-state index is -3.45. The van der Waals surface area contributed by atoms with Gasteiger partial charge in [-0.05, 0) is 35.9 Å². The summed E-state index contributed by atoms with van der Waals surface area (Å²) >= 11 is 5.93. The number of carbonyl (C=O) groups is 1. The second-order valence-electron chi connectivity index (χ2n) is 4.80. The first kappa shape index (κ1) is 17.0. The number of sulfone groups is 1. The number of nitrogens with zero attached hydrogens (tertiary/aromatic N) is 1. The predicted octanol–water partition coefficient (Wildman–Crippen LogP) is 2.97. The third-order valence-electron chi connectivity index (χ3n) is 3.01. The molecule has 0 spiro atoms. The Hall–Kier alpha value is -2.36. The molecule has 23 heavy (non-hydrogen) atoms. The van der Waals surface area contributed by atoms with Crippen molar-refractivity contribution in [1.82, 2.24) is 0 Å². The topological polar surface area (TPSA) is 84.2 Å². The molecular formula is C16H12ClNO4S. The van der Waals surface area contributed by atoms with Crippen molar-refractivity contribution in [2.75, 3.05) is 6.26 Å². The summed E-state index contributed by atoms with van der Waals surface area (Å²) in [4.78, 5) is 12.1. The summed E-state index contributed by atoms with van der Waals surface area (Å²) in [6.45, 7) is -0.0478. The summed E-state index contributed by atoms with van der Waals surface area (Å²) in [6, 6.07) is 12.5. The van der Waals surface area contributed by atoms with Crippen molar-refractivity contribution in [1.29, 1.82) is 5.26 Å². The number of carbonyl (C=O) groups excluding carboxylic acids is 1. The minimum absolute atomic E-state index is 0.0136. The molecule has 5 nitrogen and oxygen atoms in total. The predicted molar refractivity (Wildman–Crippen MR) is 84.8 cm³/mol. The molecule has 0 aliphatic carbocycles. The molecule has 0 radical (unpaired) electrons. The lowest BCUT2D eigenvalue weighted by Crippen LogP contribution is -2.08. The Balaban J connectivity index is 2.19. The lowest BCUT2D eigenvalue weighted by Gasteiger charge is -2.08. The standard InChI is InChI=1S/C16H12ClNO4S/c1-23(20,21)13-5-6-15(17)14(8-13)16(19)22-10-12-4-2-3-11(7-12)9-18/h2-8H,10H2,1H3. The van der Waals surface area contributed by atoms with E-state index >= 15 is 0 Å². The van der Waals surface area contributed by atoms with Crippen LogP contribution in [0.25, 0.3) is 0 Å². The van der Waals surface area contributed by atoms with Crippen molar-refractivity contribution in [2.45, 2.75) is 11.5 Å². The van der Waals surface area contributed by atoms with Gasteiger partial charge in [0, 0.05) is 6.26 Å². The number of benzene rings is 2. The van der Waals surface area contributed by atoms with Crippen LogP contribution in [-0.4, -0.2) is 20.6 Å². The lowest BCUT2D eigenvalue weighted by atomic mass is 10.1. The van der Waals surface area contributed by atoms with Gasteiger partial charge in [0.2, 0.25) is 0 Å². The Labute approximate surface area is 139 Å². The van der Waals surface area contributed by atoms with E-state index < -0.39 is 15.8 Å². The van der Waals surface area contributed by atoms with Gasteiger partial charge in [0.25, 0.3) is 0 Å². The zero-order chi connectivity index (χ0) is 17.0. The summed E-state index contributed by atoms with van der Waals surface area (Å²) in [5.41, 5.74) is 1.08. The van der Waals surface area contributed by atoms with Gasteiger partial charge in [0.1, 0.15) is 6.61 Å². The average Bonchev–Trinajstić information content (AvgIpc) is 2.52. The Bertz CT molecular complexity index is 901. The second-order valence-corrected chi connectivity index (χ2v) is 7.23. The first-order chi connectivity index (χ1) is 10.8. The zero-order valence-corrected chi connectivity index (χ0v) is 13.7. The minimum Gasteiger partial charge on any atom is -0.457 e. The molecule has 0 aromatic heterocycles. The van der Waals surface area contributed by atoms with Crippen LogP contribution in [0.4, 0.5) is 0 Å². The van der Waals surface area contributed by atoms with Crippen LogP contribution in [0.5, 0.6) is 0 Å². The fourth-order valence-corrected chi connectivity index (χ4v) is 2.69. The van der Waals surface area contributed by atoms with Crippen LogP contribution >= 0.6 is 11.6 Å². The molecular weight excluding hydrogens is 338 g/mol. The van der Waals surface area contributed by atoms with E-state index in [1.54, 1.807) is 24.3 Å². The van der Waals surface area contributed by atoms with Crippen LogP contribution in [0.3, 0.4) is 0 Å². The Morgan fingerprint density at radius 3 is 2.65 bits per heavy atom. The lowest BCUT2D eigenvalue weighted by molar-refractivity contribution is 0.0472. The first-order valence-corrected chi connectivity index (χ1v) is 8.74. The maximum atomic E-state index is 12.1. The van der Waals surface area contributed by atoms with Gasteiger partial charge in [-0.15, -0.1) is 0 Å². The molecule has 0 aliphatic heterocycles. The molecule has 118 valence electrons. The molecule has 0 amide bonds. The Morgan fingerprint density at radius 1 is 1.26 bits per heavy atom. The van der Waals surface area contributed by atoms with Gasteiger partial charge < -0.3 is 4.74 Å². The van der Waals surface area contributed by atoms with Crippen molar-refractivity contribution in [2.24, 2.45) is 0 Å². The number of hydrogen-bond donors (Lipinski definition) is 0. The Kier molecular flexibility index (Phi) is 5.04. The number of hydrogen-bond acceptors (Lipinski definition) is 5. The van der Waals surface area contributed by atoms with Gasteiger partial charge in [-0.1, -0.05) is 23.7 Å². The highest BCUT2D eigenvalue weighted by Crippen LogP contribution is 2.22. The van der Waals surface area contributed by atoms with E-state index in [0.29, 0.717) is 11.1 Å². The van der Waals surface area contributed by atoms with Crippen molar-refractivity contribution in [3.8, 4) is 6.07 Å². The van der Waals surface area contributed by atoms with E-state index in [1.807, 2.05) is 6.07 Å². The highest BCUT2D eigenvalue weighted by molar-refractivity contribution is 7.90. The van der Waals surface area contributed by atoms with Gasteiger partial charge >= 0.3 is 5.97 Å². The van der Waals surface area contributed by atoms with Gasteiger partial charge in [-0.3, -0.25) is 0 Å². The van der Waals surface area contributed by atoms with E-state index in [1.165, 1.54) is 18.2 Å². The van der Waals surface area contributed by atoms with Crippen molar-refractivity contribution in [3.05, 3.63) is 64.2 Å². The third-order valence-corrected chi connectivity index (χ3v) is 4.45. The van der Waals surface area contributed by atoms with E-state index in [4.69, 9.17) is 21.6 Å². The first-order valence-electron chi connectivity index (χ1n) is 6.47. The van der Waals surface area contributed by atoms with Gasteiger partial charge in [-0.25, -0.2) is 13.2 Å². The molecule has 0 aliphatic rings. The summed E-state index contributed by atoms with van der Waals surface area (Å²) in [6.07, 6.45) is 1.04. The SMILES string of the molecule is CS(=O)(=O)c1ccc(Cl)c(C(=O)OCc2cccc(C#N)c2)c1. The fraction of sp³-hybridized carbons (Fsp3) is 0.125. The van der Waals surface area contributed by atoms with Gasteiger partial charge in [0.15, 0.2) is 9.84 Å². The second kappa shape index (κ2) is 6.82. The van der Waals surface area contributed by atoms with Crippen LogP contribution in [-0.2, 0) is 21.2 Å². The number of nitriles is 1. The fourth-order valence-electron chi connectivity index (χ4n) is 1.85. The van der Waals surface area contributed by atoms with Crippen LogP contribution in [0.15, 0.2) is 47.4 Å². The van der Waals surface area contributed by atoms with E-state index in [0.717, 1.165) is 6.26 Å². The smallest absolute Gasteiger partial charge is 0.340 e. The van der Waals surface area contributed by atoms with E-state index in [-0.39, 0.29) is 22.1 Å². The molecule has 0 saturated carbocycles. The molecule has 7 heteroatoms. The third kappa shape index (κ3) is 4.31. The molecule has 0 heterocycles. The highest BCUT2D eigenvalue weighted by atomic mass is 35.5. The highest BCUT2D eigenvalue weighted by Gasteiger charge is 2.16. The van der Waals surface area contributed by atoms with Gasteiger partial charge in [0.05, 0.1) is 27.1 Å². The molecule has 0 unspecified atom stereocenters. The summed E-state index contributed by atoms with van der Waals surface area (Å²) in [7, 11) is -3.45. The van der Waals surface area contributed by atoms with Crippen LogP contribution in [0.1, 0.15) is 21.5 Å². The van der Waals surface area contributed by atoms with E-state index in [2.05, 4.69) is 0 Å². The summed E-state index contributed by atoms with van der Waals surface area (Å²) < 4.78 is 28.2. The molecule has 0 fully saturated rings. The monoisotopic (exact) mass is 349 g/mol. The van der Waals surface area contributed by atoms with Crippen molar-refractivity contribution < 1.29 is 17.9 Å². The summed E-state index contributed by atoms with van der Waals surface area (Å²) in [5.74, 6) is -0.733. The molecule has 0 saturated heterocycles. The largest absolute Gasteiger partial charge is 0.457 e. The van der Waals surface area contributed by atoms with E-state index in [9.17, 15) is 13.2 Å². The molecule has 2 aromatic carbocycles.